The number of nitrogens with one attached hydrogen (secondary N) is 1. The van der Waals surface area contributed by atoms with Gasteiger partial charge in [0.1, 0.15) is 11.6 Å². The van der Waals surface area contributed by atoms with E-state index in [0.717, 1.165) is 38.5 Å². The lowest BCUT2D eigenvalue weighted by atomic mass is 10.0. The molecule has 1 N–H and O–H groups in total. The van der Waals surface area contributed by atoms with E-state index in [2.05, 4.69) is 5.32 Å². The molecule has 0 aliphatic heterocycles. The third-order valence-corrected chi connectivity index (χ3v) is 3.72. The van der Waals surface area contributed by atoms with Gasteiger partial charge in [-0.2, -0.15) is 0 Å². The van der Waals surface area contributed by atoms with Crippen LogP contribution in [0.3, 0.4) is 0 Å². The summed E-state index contributed by atoms with van der Waals surface area (Å²) in [6, 6.07) is 0. The zero-order valence-corrected chi connectivity index (χ0v) is 13.9. The molecule has 0 aromatic heterocycles. The fraction of sp³-hybridized carbons (Fsp3) is 0.824. The fourth-order valence-corrected chi connectivity index (χ4v) is 2.11. The molecule has 0 radical (unpaired) electrons. The van der Waals surface area contributed by atoms with Crippen molar-refractivity contribution in [3.8, 4) is 0 Å². The third-order valence-electron chi connectivity index (χ3n) is 3.72. The van der Waals surface area contributed by atoms with E-state index in [9.17, 15) is 14.4 Å². The summed E-state index contributed by atoms with van der Waals surface area (Å²) >= 11 is 0. The maximum atomic E-state index is 11.6. The SMILES string of the molecule is CCCC(=O)CCCCC(=O)NCCCC[C@H](C)C(C)=O. The molecule has 122 valence electrons. The van der Waals surface area contributed by atoms with Crippen molar-refractivity contribution in [3.05, 3.63) is 0 Å². The van der Waals surface area contributed by atoms with Crippen LogP contribution in [0.1, 0.15) is 78.6 Å². The van der Waals surface area contributed by atoms with Gasteiger partial charge in [0.2, 0.25) is 5.91 Å². The van der Waals surface area contributed by atoms with Crippen molar-refractivity contribution in [2.24, 2.45) is 5.92 Å². The van der Waals surface area contributed by atoms with Crippen LogP contribution in [0.5, 0.6) is 0 Å². The summed E-state index contributed by atoms with van der Waals surface area (Å²) in [6.07, 6.45) is 7.03. The van der Waals surface area contributed by atoms with E-state index < -0.39 is 0 Å². The Morgan fingerprint density at radius 3 is 2.24 bits per heavy atom. The molecular formula is C17H31NO3. The molecule has 1 atom stereocenters. The molecule has 0 rings (SSSR count). The van der Waals surface area contributed by atoms with Crippen molar-refractivity contribution in [3.63, 3.8) is 0 Å². The molecule has 0 saturated carbocycles. The van der Waals surface area contributed by atoms with Crippen molar-refractivity contribution >= 4 is 17.5 Å². The second-order valence-electron chi connectivity index (χ2n) is 5.85. The zero-order valence-electron chi connectivity index (χ0n) is 13.9. The van der Waals surface area contributed by atoms with Crippen molar-refractivity contribution in [1.82, 2.24) is 5.32 Å². The van der Waals surface area contributed by atoms with E-state index >= 15 is 0 Å². The van der Waals surface area contributed by atoms with Crippen LogP contribution in [0, 0.1) is 5.92 Å². The molecule has 0 bridgehead atoms. The second-order valence-corrected chi connectivity index (χ2v) is 5.85. The van der Waals surface area contributed by atoms with E-state index in [4.69, 9.17) is 0 Å². The first-order valence-corrected chi connectivity index (χ1v) is 8.26. The highest BCUT2D eigenvalue weighted by molar-refractivity contribution is 5.78. The number of carbonyl (C=O) groups excluding carboxylic acids is 3. The first-order valence-electron chi connectivity index (χ1n) is 8.26. The van der Waals surface area contributed by atoms with Crippen LogP contribution in [0.2, 0.25) is 0 Å². The number of unbranched alkanes of at least 4 members (excludes halogenated alkanes) is 2. The number of carbonyl (C=O) groups is 3. The van der Waals surface area contributed by atoms with Crippen molar-refractivity contribution in [1.29, 1.82) is 0 Å². The van der Waals surface area contributed by atoms with E-state index in [0.29, 0.717) is 31.6 Å². The molecule has 0 aromatic carbocycles. The van der Waals surface area contributed by atoms with Gasteiger partial charge in [0.15, 0.2) is 0 Å². The average Bonchev–Trinajstić information content (AvgIpc) is 2.43. The van der Waals surface area contributed by atoms with Gasteiger partial charge in [-0.15, -0.1) is 0 Å². The van der Waals surface area contributed by atoms with E-state index in [-0.39, 0.29) is 17.6 Å². The summed E-state index contributed by atoms with van der Waals surface area (Å²) in [5.41, 5.74) is 0. The summed E-state index contributed by atoms with van der Waals surface area (Å²) < 4.78 is 0. The lowest BCUT2D eigenvalue weighted by Gasteiger charge is -2.08. The first kappa shape index (κ1) is 19.8. The number of ketones is 2. The van der Waals surface area contributed by atoms with Crippen LogP contribution in [0.15, 0.2) is 0 Å². The average molecular weight is 297 g/mol. The molecule has 1 amide bonds. The Hall–Kier alpha value is -1.19. The number of hydrogen-bond acceptors (Lipinski definition) is 3. The van der Waals surface area contributed by atoms with Gasteiger partial charge in [-0.3, -0.25) is 14.4 Å². The molecule has 4 heteroatoms. The van der Waals surface area contributed by atoms with Crippen LogP contribution in [0.4, 0.5) is 0 Å². The Labute approximate surface area is 129 Å². The third kappa shape index (κ3) is 12.3. The predicted molar refractivity (Wildman–Crippen MR) is 85.1 cm³/mol. The largest absolute Gasteiger partial charge is 0.356 e. The van der Waals surface area contributed by atoms with Gasteiger partial charge < -0.3 is 5.32 Å². The van der Waals surface area contributed by atoms with Gasteiger partial charge >= 0.3 is 0 Å². The van der Waals surface area contributed by atoms with Crippen LogP contribution in [-0.2, 0) is 14.4 Å². The van der Waals surface area contributed by atoms with Gasteiger partial charge in [0, 0.05) is 31.7 Å². The van der Waals surface area contributed by atoms with Crippen LogP contribution in [-0.4, -0.2) is 24.0 Å². The smallest absolute Gasteiger partial charge is 0.219 e. The van der Waals surface area contributed by atoms with Gasteiger partial charge in [0.25, 0.3) is 0 Å². The molecule has 4 nitrogen and oxygen atoms in total. The number of hydrogen-bond donors (Lipinski definition) is 1. The highest BCUT2D eigenvalue weighted by Crippen LogP contribution is 2.08. The molecule has 0 aliphatic carbocycles. The van der Waals surface area contributed by atoms with Gasteiger partial charge in [-0.25, -0.2) is 0 Å². The van der Waals surface area contributed by atoms with Gasteiger partial charge in [-0.05, 0) is 39.0 Å². The standard InChI is InChI=1S/C17H31NO3/c1-4-9-16(20)11-5-6-12-17(21)18-13-8-7-10-14(2)15(3)19/h14H,4-13H2,1-3H3,(H,18,21)/t14-/m0/s1. The minimum Gasteiger partial charge on any atom is -0.356 e. The van der Waals surface area contributed by atoms with E-state index in [1.807, 2.05) is 13.8 Å². The molecule has 0 spiro atoms. The highest BCUT2D eigenvalue weighted by atomic mass is 16.1. The Balaban J connectivity index is 3.43. The summed E-state index contributed by atoms with van der Waals surface area (Å²) in [7, 11) is 0. The summed E-state index contributed by atoms with van der Waals surface area (Å²) in [6.45, 7) is 6.25. The van der Waals surface area contributed by atoms with Crippen LogP contribution in [0.25, 0.3) is 0 Å². The molecule has 0 heterocycles. The van der Waals surface area contributed by atoms with Gasteiger partial charge in [-0.1, -0.05) is 20.3 Å². The topological polar surface area (TPSA) is 63.2 Å². The minimum atomic E-state index is 0.0672. The lowest BCUT2D eigenvalue weighted by Crippen LogP contribution is -2.24. The number of rotatable bonds is 13. The quantitative estimate of drug-likeness (QED) is 0.530. The van der Waals surface area contributed by atoms with Crippen molar-refractivity contribution in [2.75, 3.05) is 6.54 Å². The van der Waals surface area contributed by atoms with E-state index in [1.54, 1.807) is 6.92 Å². The molecule has 0 saturated heterocycles. The molecule has 0 unspecified atom stereocenters. The maximum absolute atomic E-state index is 11.6. The van der Waals surface area contributed by atoms with E-state index in [1.165, 1.54) is 0 Å². The fourth-order valence-electron chi connectivity index (χ4n) is 2.11. The van der Waals surface area contributed by atoms with Crippen LogP contribution >= 0.6 is 0 Å². The molecular weight excluding hydrogens is 266 g/mol. The number of amides is 1. The molecule has 0 aromatic rings. The predicted octanol–water partition coefficient (Wildman–Crippen LogP) is 3.43. The Kier molecular flexibility index (Phi) is 11.8. The highest BCUT2D eigenvalue weighted by Gasteiger charge is 2.07. The maximum Gasteiger partial charge on any atom is 0.219 e. The zero-order chi connectivity index (χ0) is 16.1. The minimum absolute atomic E-state index is 0.0672. The first-order chi connectivity index (χ1) is 9.97. The molecule has 21 heavy (non-hydrogen) atoms. The van der Waals surface area contributed by atoms with Crippen molar-refractivity contribution in [2.45, 2.75) is 78.6 Å². The summed E-state index contributed by atoms with van der Waals surface area (Å²) in [5, 5.41) is 2.89. The lowest BCUT2D eigenvalue weighted by molar-refractivity contribution is -0.122. The summed E-state index contributed by atoms with van der Waals surface area (Å²) in [5.74, 6) is 0.730. The Morgan fingerprint density at radius 1 is 0.952 bits per heavy atom. The van der Waals surface area contributed by atoms with Gasteiger partial charge in [0.05, 0.1) is 0 Å². The summed E-state index contributed by atoms with van der Waals surface area (Å²) in [4.78, 5) is 33.9. The molecule has 0 aliphatic rings. The Morgan fingerprint density at radius 2 is 1.62 bits per heavy atom. The van der Waals surface area contributed by atoms with Crippen molar-refractivity contribution < 1.29 is 14.4 Å². The normalized spacial score (nSPS) is 12.0. The number of Topliss-reactive ketones (excluding diaryl/α,β-unsaturated/α-hetero) is 2. The Bertz CT molecular complexity index is 326. The second kappa shape index (κ2) is 12.5. The monoisotopic (exact) mass is 297 g/mol. The van der Waals surface area contributed by atoms with Crippen LogP contribution < -0.4 is 5.32 Å². The molecule has 0 fully saturated rings.